The first-order valence-corrected chi connectivity index (χ1v) is 7.62. The normalized spacial score (nSPS) is 32.9. The molecular weight excluding hydrogens is 300 g/mol. The summed E-state index contributed by atoms with van der Waals surface area (Å²) in [4.78, 5) is 47.1. The van der Waals surface area contributed by atoms with Gasteiger partial charge >= 0.3 is 23.9 Å². The molecule has 0 amide bonds. The third-order valence-electron chi connectivity index (χ3n) is 5.08. The van der Waals surface area contributed by atoms with Crippen molar-refractivity contribution in [3.05, 3.63) is 35.4 Å². The van der Waals surface area contributed by atoms with Crippen LogP contribution in [0, 0.1) is 11.8 Å². The predicted octanol–water partition coefficient (Wildman–Crippen LogP) is 1.44. The second-order valence-corrected chi connectivity index (χ2v) is 6.29. The summed E-state index contributed by atoms with van der Waals surface area (Å²) < 4.78 is 9.44. The Labute approximate surface area is 131 Å². The molecule has 1 aromatic carbocycles. The van der Waals surface area contributed by atoms with Gasteiger partial charge in [-0.3, -0.25) is 19.2 Å². The number of hydrogen-bond acceptors (Lipinski definition) is 6. The molecule has 2 heterocycles. The highest BCUT2D eigenvalue weighted by Gasteiger charge is 2.49. The molecule has 23 heavy (non-hydrogen) atoms. The van der Waals surface area contributed by atoms with Crippen LogP contribution in [0.5, 0.6) is 0 Å². The molecule has 0 saturated carbocycles. The van der Waals surface area contributed by atoms with Crippen LogP contribution in [0.15, 0.2) is 24.3 Å². The predicted molar refractivity (Wildman–Crippen MR) is 75.0 cm³/mol. The molecule has 3 aliphatic rings. The molecule has 4 rings (SSSR count). The van der Waals surface area contributed by atoms with E-state index in [1.165, 1.54) is 0 Å². The van der Waals surface area contributed by atoms with E-state index in [1.54, 1.807) is 0 Å². The molecule has 6 heteroatoms. The molecule has 1 aliphatic carbocycles. The van der Waals surface area contributed by atoms with Crippen molar-refractivity contribution in [3.8, 4) is 0 Å². The van der Waals surface area contributed by atoms with Gasteiger partial charge in [-0.25, -0.2) is 0 Å². The molecule has 4 unspecified atom stereocenters. The Balaban J connectivity index is 1.78. The molecule has 0 radical (unpaired) electrons. The summed E-state index contributed by atoms with van der Waals surface area (Å²) in [5.41, 5.74) is 1.82. The van der Waals surface area contributed by atoms with Gasteiger partial charge in [-0.05, 0) is 23.5 Å². The lowest BCUT2D eigenvalue weighted by molar-refractivity contribution is -0.170. The second-order valence-electron chi connectivity index (χ2n) is 6.29. The van der Waals surface area contributed by atoms with E-state index in [4.69, 9.17) is 4.74 Å². The lowest BCUT2D eigenvalue weighted by Gasteiger charge is -2.39. The van der Waals surface area contributed by atoms with Crippen molar-refractivity contribution in [3.63, 3.8) is 0 Å². The molecule has 4 atom stereocenters. The van der Waals surface area contributed by atoms with Gasteiger partial charge in [0.1, 0.15) is 0 Å². The minimum absolute atomic E-state index is 0.0310. The van der Waals surface area contributed by atoms with Gasteiger partial charge in [0.25, 0.3) is 0 Å². The van der Waals surface area contributed by atoms with Crippen molar-refractivity contribution >= 4 is 23.9 Å². The molecule has 2 saturated heterocycles. The van der Waals surface area contributed by atoms with Crippen molar-refractivity contribution in [2.75, 3.05) is 0 Å². The Bertz CT molecular complexity index is 736. The van der Waals surface area contributed by atoms with E-state index in [-0.39, 0.29) is 24.7 Å². The quantitative estimate of drug-likeness (QED) is 0.576. The molecule has 6 nitrogen and oxygen atoms in total. The number of rotatable bonds is 1. The lowest BCUT2D eigenvalue weighted by atomic mass is 9.65. The number of esters is 4. The van der Waals surface area contributed by atoms with Gasteiger partial charge in [0.2, 0.25) is 0 Å². The standard InChI is InChI=1S/C17H14O6/c18-14-6-11-9-4-2-1-3-8(9)10(5-12(11)16(20)22-14)13-7-15(19)23-17(13)21/h1-4,10-13H,5-7H2. The molecule has 118 valence electrons. The van der Waals surface area contributed by atoms with Crippen molar-refractivity contribution < 1.29 is 28.7 Å². The fourth-order valence-corrected chi connectivity index (χ4v) is 4.07. The van der Waals surface area contributed by atoms with E-state index in [9.17, 15) is 19.2 Å². The summed E-state index contributed by atoms with van der Waals surface area (Å²) in [5.74, 6) is -3.64. The molecule has 1 aromatic rings. The smallest absolute Gasteiger partial charge is 0.317 e. The van der Waals surface area contributed by atoms with E-state index in [1.807, 2.05) is 24.3 Å². The van der Waals surface area contributed by atoms with Gasteiger partial charge in [-0.1, -0.05) is 24.3 Å². The molecule has 0 N–H and O–H groups in total. The molecule has 0 bridgehead atoms. The fourth-order valence-electron chi connectivity index (χ4n) is 4.07. The molecule has 0 spiro atoms. The van der Waals surface area contributed by atoms with Crippen LogP contribution in [-0.4, -0.2) is 23.9 Å². The number of carbonyl (C=O) groups excluding carboxylic acids is 4. The van der Waals surface area contributed by atoms with Crippen LogP contribution >= 0.6 is 0 Å². The minimum Gasteiger partial charge on any atom is -0.393 e. The average Bonchev–Trinajstić information content (AvgIpc) is 2.85. The van der Waals surface area contributed by atoms with Crippen molar-refractivity contribution in [2.45, 2.75) is 31.1 Å². The summed E-state index contributed by atoms with van der Waals surface area (Å²) in [7, 11) is 0. The highest BCUT2D eigenvalue weighted by Crippen LogP contribution is 2.50. The van der Waals surface area contributed by atoms with Gasteiger partial charge in [-0.2, -0.15) is 0 Å². The van der Waals surface area contributed by atoms with E-state index in [2.05, 4.69) is 4.74 Å². The number of hydrogen-bond donors (Lipinski definition) is 0. The number of benzene rings is 1. The molecule has 0 aromatic heterocycles. The number of ether oxygens (including phenoxy) is 2. The first-order chi connectivity index (χ1) is 11.0. The monoisotopic (exact) mass is 314 g/mol. The zero-order valence-electron chi connectivity index (χ0n) is 12.2. The SMILES string of the molecule is O=C1CC2c3ccccc3C(C3CC(=O)OC3=O)CC2C(=O)O1. The first kappa shape index (κ1) is 14.1. The third kappa shape index (κ3) is 2.17. The zero-order valence-corrected chi connectivity index (χ0v) is 12.2. The van der Waals surface area contributed by atoms with Crippen LogP contribution in [0.4, 0.5) is 0 Å². The lowest BCUT2D eigenvalue weighted by Crippen LogP contribution is -2.40. The molecule has 2 fully saturated rings. The summed E-state index contributed by atoms with van der Waals surface area (Å²) in [6.45, 7) is 0. The van der Waals surface area contributed by atoms with Crippen molar-refractivity contribution in [1.82, 2.24) is 0 Å². The van der Waals surface area contributed by atoms with Crippen molar-refractivity contribution in [1.29, 1.82) is 0 Å². The minimum atomic E-state index is -0.574. The van der Waals surface area contributed by atoms with Crippen LogP contribution in [-0.2, 0) is 28.7 Å². The van der Waals surface area contributed by atoms with Crippen LogP contribution < -0.4 is 0 Å². The molecule has 2 aliphatic heterocycles. The summed E-state index contributed by atoms with van der Waals surface area (Å²) in [6.07, 6.45) is 0.582. The summed E-state index contributed by atoms with van der Waals surface area (Å²) >= 11 is 0. The topological polar surface area (TPSA) is 86.7 Å². The number of fused-ring (bicyclic) bond motifs is 3. The highest BCUT2D eigenvalue weighted by molar-refractivity contribution is 5.96. The second kappa shape index (κ2) is 5.01. The Morgan fingerprint density at radius 1 is 0.696 bits per heavy atom. The molecular formula is C17H14O6. The van der Waals surface area contributed by atoms with E-state index in [0.29, 0.717) is 6.42 Å². The van der Waals surface area contributed by atoms with E-state index >= 15 is 0 Å². The Morgan fingerprint density at radius 3 is 1.83 bits per heavy atom. The maximum absolute atomic E-state index is 12.1. The van der Waals surface area contributed by atoms with Crippen LogP contribution in [0.3, 0.4) is 0 Å². The number of carbonyl (C=O) groups is 4. The summed E-state index contributed by atoms with van der Waals surface area (Å²) in [6, 6.07) is 7.49. The van der Waals surface area contributed by atoms with Gasteiger partial charge in [0.15, 0.2) is 0 Å². The van der Waals surface area contributed by atoms with Gasteiger partial charge in [-0.15, -0.1) is 0 Å². The number of cyclic esters (lactones) is 4. The average molecular weight is 314 g/mol. The summed E-state index contributed by atoms with van der Waals surface area (Å²) in [5, 5.41) is 0. The van der Waals surface area contributed by atoms with E-state index < -0.39 is 35.7 Å². The Hall–Kier alpha value is -2.50. The Kier molecular flexibility index (Phi) is 3.07. The van der Waals surface area contributed by atoms with Gasteiger partial charge < -0.3 is 9.47 Å². The maximum Gasteiger partial charge on any atom is 0.317 e. The van der Waals surface area contributed by atoms with Crippen LogP contribution in [0.1, 0.15) is 42.2 Å². The Morgan fingerprint density at radius 2 is 1.22 bits per heavy atom. The van der Waals surface area contributed by atoms with Crippen LogP contribution in [0.25, 0.3) is 0 Å². The zero-order chi connectivity index (χ0) is 16.1. The van der Waals surface area contributed by atoms with Crippen LogP contribution in [0.2, 0.25) is 0 Å². The first-order valence-electron chi connectivity index (χ1n) is 7.62. The third-order valence-corrected chi connectivity index (χ3v) is 5.08. The van der Waals surface area contributed by atoms with Crippen molar-refractivity contribution in [2.24, 2.45) is 11.8 Å². The van der Waals surface area contributed by atoms with Gasteiger partial charge in [0, 0.05) is 5.92 Å². The maximum atomic E-state index is 12.1. The fraction of sp³-hybridized carbons (Fsp3) is 0.412. The highest BCUT2D eigenvalue weighted by atomic mass is 16.6. The largest absolute Gasteiger partial charge is 0.393 e. The van der Waals surface area contributed by atoms with E-state index in [0.717, 1.165) is 11.1 Å². The van der Waals surface area contributed by atoms with Gasteiger partial charge in [0.05, 0.1) is 24.7 Å².